The van der Waals surface area contributed by atoms with Crippen LogP contribution in [0.25, 0.3) is 0 Å². The van der Waals surface area contributed by atoms with Gasteiger partial charge in [0.25, 0.3) is 0 Å². The van der Waals surface area contributed by atoms with Crippen LogP contribution in [0, 0.1) is 0 Å². The van der Waals surface area contributed by atoms with Crippen molar-refractivity contribution in [3.05, 3.63) is 40.0 Å². The van der Waals surface area contributed by atoms with Crippen molar-refractivity contribution in [1.82, 2.24) is 20.6 Å². The Bertz CT molecular complexity index is 688. The minimum Gasteiger partial charge on any atom is -0.478 e. The Labute approximate surface area is 183 Å². The number of rotatable bonds is 9. The highest BCUT2D eigenvalue weighted by atomic mass is 127. The predicted molar refractivity (Wildman–Crippen MR) is 123 cm³/mol. The third-order valence-electron chi connectivity index (χ3n) is 3.58. The van der Waals surface area contributed by atoms with Crippen LogP contribution >= 0.6 is 35.3 Å². The fourth-order valence-corrected chi connectivity index (χ4v) is 3.03. The number of halogens is 1. The average molecular weight is 503 g/mol. The van der Waals surface area contributed by atoms with Gasteiger partial charge in [-0.05, 0) is 24.8 Å². The average Bonchev–Trinajstić information content (AvgIpc) is 3.12. The van der Waals surface area contributed by atoms with Crippen LogP contribution in [-0.4, -0.2) is 29.1 Å². The van der Waals surface area contributed by atoms with E-state index in [0.29, 0.717) is 31.5 Å². The Morgan fingerprint density at radius 2 is 2.07 bits per heavy atom. The first-order chi connectivity index (χ1) is 12.6. The van der Waals surface area contributed by atoms with Crippen LogP contribution in [0.2, 0.25) is 0 Å². The number of thiazole rings is 1. The molecule has 0 saturated heterocycles. The molecule has 0 aliphatic rings. The smallest absolute Gasteiger partial charge is 0.213 e. The summed E-state index contributed by atoms with van der Waals surface area (Å²) in [5, 5.41) is 9.80. The summed E-state index contributed by atoms with van der Waals surface area (Å²) in [5.41, 5.74) is 2.19. The first-order valence-corrected chi connectivity index (χ1v) is 10.0. The molecule has 150 valence electrons. The molecule has 2 heterocycles. The highest BCUT2D eigenvalue weighted by Gasteiger charge is 2.06. The van der Waals surface area contributed by atoms with Crippen molar-refractivity contribution < 1.29 is 4.74 Å². The van der Waals surface area contributed by atoms with Crippen molar-refractivity contribution in [3.8, 4) is 5.88 Å². The normalized spacial score (nSPS) is 11.2. The summed E-state index contributed by atoms with van der Waals surface area (Å²) in [4.78, 5) is 13.6. The summed E-state index contributed by atoms with van der Waals surface area (Å²) in [7, 11) is 0. The summed E-state index contributed by atoms with van der Waals surface area (Å²) in [6, 6.07) is 3.89. The highest BCUT2D eigenvalue weighted by Crippen LogP contribution is 2.17. The van der Waals surface area contributed by atoms with E-state index < -0.39 is 0 Å². The van der Waals surface area contributed by atoms with Crippen LogP contribution in [0.1, 0.15) is 56.3 Å². The van der Waals surface area contributed by atoms with E-state index in [1.165, 1.54) is 0 Å². The molecular weight excluding hydrogens is 473 g/mol. The van der Waals surface area contributed by atoms with Gasteiger partial charge in [-0.3, -0.25) is 0 Å². The van der Waals surface area contributed by atoms with Gasteiger partial charge >= 0.3 is 0 Å². The summed E-state index contributed by atoms with van der Waals surface area (Å²) < 4.78 is 5.50. The van der Waals surface area contributed by atoms with E-state index in [1.807, 2.05) is 18.3 Å². The summed E-state index contributed by atoms with van der Waals surface area (Å²) in [5.74, 6) is 1.90. The van der Waals surface area contributed by atoms with E-state index in [-0.39, 0.29) is 24.0 Å². The van der Waals surface area contributed by atoms with E-state index in [2.05, 4.69) is 58.7 Å². The van der Waals surface area contributed by atoms with Crippen LogP contribution in [-0.2, 0) is 13.1 Å². The quantitative estimate of drug-likeness (QED) is 0.303. The van der Waals surface area contributed by atoms with Crippen LogP contribution in [0.15, 0.2) is 28.7 Å². The van der Waals surface area contributed by atoms with E-state index in [0.717, 1.165) is 35.2 Å². The monoisotopic (exact) mass is 503 g/mol. The summed E-state index contributed by atoms with van der Waals surface area (Å²) in [6.45, 7) is 11.2. The SMILES string of the molecule is CCCOc1ccc(CN=C(NCC)NCc2nc(C(C)C)cs2)cn1.I. The zero-order valence-electron chi connectivity index (χ0n) is 16.5. The van der Waals surface area contributed by atoms with Gasteiger partial charge in [0.1, 0.15) is 5.01 Å². The van der Waals surface area contributed by atoms with Gasteiger partial charge in [0.15, 0.2) is 5.96 Å². The van der Waals surface area contributed by atoms with E-state index in [4.69, 9.17) is 4.74 Å². The molecule has 0 aromatic carbocycles. The van der Waals surface area contributed by atoms with Gasteiger partial charge in [-0.2, -0.15) is 0 Å². The molecule has 0 fully saturated rings. The number of hydrogen-bond acceptors (Lipinski definition) is 5. The number of pyridine rings is 1. The van der Waals surface area contributed by atoms with Gasteiger partial charge in [-0.25, -0.2) is 15.0 Å². The first-order valence-electron chi connectivity index (χ1n) is 9.16. The molecule has 0 aliphatic carbocycles. The molecule has 8 heteroatoms. The van der Waals surface area contributed by atoms with Gasteiger partial charge in [-0.15, -0.1) is 35.3 Å². The Morgan fingerprint density at radius 1 is 1.26 bits per heavy atom. The molecule has 0 aliphatic heterocycles. The largest absolute Gasteiger partial charge is 0.478 e. The number of nitrogens with one attached hydrogen (secondary N) is 2. The molecule has 0 atom stereocenters. The molecule has 0 amide bonds. The Kier molecular flexibility index (Phi) is 11.3. The number of aliphatic imine (C=N–C) groups is 1. The molecule has 0 unspecified atom stereocenters. The fourth-order valence-electron chi connectivity index (χ4n) is 2.14. The van der Waals surface area contributed by atoms with E-state index >= 15 is 0 Å². The lowest BCUT2D eigenvalue weighted by atomic mass is 10.2. The second kappa shape index (κ2) is 12.9. The zero-order chi connectivity index (χ0) is 18.8. The zero-order valence-corrected chi connectivity index (χ0v) is 19.6. The molecule has 2 aromatic rings. The maximum Gasteiger partial charge on any atom is 0.213 e. The maximum atomic E-state index is 5.50. The van der Waals surface area contributed by atoms with Crippen LogP contribution < -0.4 is 15.4 Å². The van der Waals surface area contributed by atoms with E-state index in [1.54, 1.807) is 11.3 Å². The molecular formula is C19H30IN5OS. The highest BCUT2D eigenvalue weighted by molar-refractivity contribution is 14.0. The third kappa shape index (κ3) is 8.42. The predicted octanol–water partition coefficient (Wildman–Crippen LogP) is 4.32. The molecule has 2 rings (SSSR count). The van der Waals surface area contributed by atoms with Crippen molar-refractivity contribution in [2.24, 2.45) is 4.99 Å². The Balaban J connectivity index is 0.00000364. The molecule has 6 nitrogen and oxygen atoms in total. The molecule has 2 N–H and O–H groups in total. The molecule has 0 bridgehead atoms. The van der Waals surface area contributed by atoms with Gasteiger partial charge in [0.2, 0.25) is 5.88 Å². The van der Waals surface area contributed by atoms with Crippen molar-refractivity contribution >= 4 is 41.3 Å². The van der Waals surface area contributed by atoms with Crippen molar-refractivity contribution in [2.75, 3.05) is 13.2 Å². The molecule has 27 heavy (non-hydrogen) atoms. The molecule has 0 radical (unpaired) electrons. The summed E-state index contributed by atoms with van der Waals surface area (Å²) in [6.07, 6.45) is 2.79. The van der Waals surface area contributed by atoms with Crippen LogP contribution in [0.4, 0.5) is 0 Å². The number of ether oxygens (including phenoxy) is 1. The Hall–Kier alpha value is -1.42. The maximum absolute atomic E-state index is 5.50. The minimum absolute atomic E-state index is 0. The van der Waals surface area contributed by atoms with Gasteiger partial charge < -0.3 is 15.4 Å². The second-order valence-corrected chi connectivity index (χ2v) is 7.17. The number of nitrogens with zero attached hydrogens (tertiary/aromatic N) is 3. The van der Waals surface area contributed by atoms with Crippen molar-refractivity contribution in [3.63, 3.8) is 0 Å². The van der Waals surface area contributed by atoms with Crippen LogP contribution in [0.3, 0.4) is 0 Å². The number of aromatic nitrogens is 2. The fraction of sp³-hybridized carbons (Fsp3) is 0.526. The molecule has 0 saturated carbocycles. The van der Waals surface area contributed by atoms with E-state index in [9.17, 15) is 0 Å². The molecule has 2 aromatic heterocycles. The second-order valence-electron chi connectivity index (χ2n) is 6.22. The van der Waals surface area contributed by atoms with Crippen LogP contribution in [0.5, 0.6) is 5.88 Å². The first kappa shape index (κ1) is 23.6. The van der Waals surface area contributed by atoms with Crippen molar-refractivity contribution in [1.29, 1.82) is 0 Å². The van der Waals surface area contributed by atoms with Gasteiger partial charge in [-0.1, -0.05) is 26.8 Å². The third-order valence-corrected chi connectivity index (χ3v) is 4.45. The summed E-state index contributed by atoms with van der Waals surface area (Å²) >= 11 is 1.68. The Morgan fingerprint density at radius 3 is 2.67 bits per heavy atom. The lowest BCUT2D eigenvalue weighted by Gasteiger charge is -2.10. The van der Waals surface area contributed by atoms with Crippen molar-refractivity contribution in [2.45, 2.75) is 53.1 Å². The standard InChI is InChI=1S/C19H29N5OS.HI/c1-5-9-25-17-8-7-15(10-21-17)11-22-19(20-6-2)23-12-18-24-16(13-26-18)14(3)4;/h7-8,10,13-14H,5-6,9,11-12H2,1-4H3,(H2,20,22,23);1H. The topological polar surface area (TPSA) is 71.4 Å². The van der Waals surface area contributed by atoms with Gasteiger partial charge in [0, 0.05) is 24.2 Å². The van der Waals surface area contributed by atoms with Gasteiger partial charge in [0.05, 0.1) is 25.4 Å². The number of hydrogen-bond donors (Lipinski definition) is 2. The lowest BCUT2D eigenvalue weighted by Crippen LogP contribution is -2.36. The number of guanidine groups is 1. The minimum atomic E-state index is 0. The lowest BCUT2D eigenvalue weighted by molar-refractivity contribution is 0.305. The molecule has 0 spiro atoms.